The maximum atomic E-state index is 13.5. The molecular formula is C15H23FN2O. The second-order valence-electron chi connectivity index (χ2n) is 5.39. The molecule has 0 bridgehead atoms. The van der Waals surface area contributed by atoms with Crippen molar-refractivity contribution in [2.75, 3.05) is 27.7 Å². The molecule has 2 rings (SSSR count). The maximum absolute atomic E-state index is 13.5. The van der Waals surface area contributed by atoms with Gasteiger partial charge in [-0.3, -0.25) is 0 Å². The first kappa shape index (κ1) is 14.3. The third-order valence-electron chi connectivity index (χ3n) is 3.84. The van der Waals surface area contributed by atoms with E-state index in [0.717, 1.165) is 24.3 Å². The molecule has 19 heavy (non-hydrogen) atoms. The zero-order valence-corrected chi connectivity index (χ0v) is 11.9. The van der Waals surface area contributed by atoms with E-state index in [9.17, 15) is 4.39 Å². The van der Waals surface area contributed by atoms with E-state index in [-0.39, 0.29) is 11.9 Å². The van der Waals surface area contributed by atoms with Gasteiger partial charge in [0.2, 0.25) is 0 Å². The van der Waals surface area contributed by atoms with Crippen LogP contribution in [0.4, 0.5) is 4.39 Å². The predicted molar refractivity (Wildman–Crippen MR) is 75.0 cm³/mol. The molecule has 0 radical (unpaired) electrons. The summed E-state index contributed by atoms with van der Waals surface area (Å²) in [6.45, 7) is 1.09. The molecule has 0 aliphatic carbocycles. The summed E-state index contributed by atoms with van der Waals surface area (Å²) >= 11 is 0. The van der Waals surface area contributed by atoms with Crippen molar-refractivity contribution < 1.29 is 9.13 Å². The van der Waals surface area contributed by atoms with Crippen LogP contribution in [0.5, 0.6) is 5.75 Å². The van der Waals surface area contributed by atoms with Crippen LogP contribution in [0.25, 0.3) is 0 Å². The van der Waals surface area contributed by atoms with Gasteiger partial charge in [0, 0.05) is 17.6 Å². The molecule has 106 valence electrons. The van der Waals surface area contributed by atoms with Crippen LogP contribution in [0.15, 0.2) is 18.2 Å². The summed E-state index contributed by atoms with van der Waals surface area (Å²) in [5.74, 6) is 0.556. The first-order chi connectivity index (χ1) is 9.11. The van der Waals surface area contributed by atoms with Crippen molar-refractivity contribution in [2.45, 2.75) is 31.3 Å². The highest BCUT2D eigenvalue weighted by molar-refractivity contribution is 5.36. The van der Waals surface area contributed by atoms with Gasteiger partial charge in [0.1, 0.15) is 11.6 Å². The number of benzene rings is 1. The fraction of sp³-hybridized carbons (Fsp3) is 0.600. The van der Waals surface area contributed by atoms with Crippen LogP contribution in [-0.4, -0.2) is 38.7 Å². The van der Waals surface area contributed by atoms with Gasteiger partial charge in [-0.25, -0.2) is 4.39 Å². The molecule has 1 heterocycles. The summed E-state index contributed by atoms with van der Waals surface area (Å²) in [6.07, 6.45) is 3.40. The molecule has 1 fully saturated rings. The van der Waals surface area contributed by atoms with Gasteiger partial charge in [0.05, 0.1) is 7.11 Å². The van der Waals surface area contributed by atoms with Gasteiger partial charge >= 0.3 is 0 Å². The predicted octanol–water partition coefficient (Wildman–Crippen LogP) is 2.58. The molecule has 0 amide bonds. The SMILES string of the molecule is COc1ccc(F)cc1C(CC1CCCN1)N(C)C. The average Bonchev–Trinajstić information content (AvgIpc) is 2.88. The topological polar surface area (TPSA) is 24.5 Å². The summed E-state index contributed by atoms with van der Waals surface area (Å²) in [7, 11) is 5.70. The zero-order valence-electron chi connectivity index (χ0n) is 11.9. The Balaban J connectivity index is 2.24. The molecule has 1 aliphatic heterocycles. The number of rotatable bonds is 5. The summed E-state index contributed by atoms with van der Waals surface area (Å²) < 4.78 is 18.9. The van der Waals surface area contributed by atoms with E-state index in [4.69, 9.17) is 4.74 Å². The lowest BCUT2D eigenvalue weighted by Gasteiger charge is -2.28. The van der Waals surface area contributed by atoms with Crippen LogP contribution >= 0.6 is 0 Å². The lowest BCUT2D eigenvalue weighted by Crippen LogP contribution is -2.30. The van der Waals surface area contributed by atoms with Gasteiger partial charge in [-0.2, -0.15) is 0 Å². The van der Waals surface area contributed by atoms with E-state index in [1.54, 1.807) is 19.2 Å². The Morgan fingerprint density at radius 3 is 2.84 bits per heavy atom. The molecule has 4 heteroatoms. The first-order valence-corrected chi connectivity index (χ1v) is 6.85. The molecule has 2 unspecified atom stereocenters. The minimum Gasteiger partial charge on any atom is -0.496 e. The highest BCUT2D eigenvalue weighted by atomic mass is 19.1. The summed E-state index contributed by atoms with van der Waals surface area (Å²) in [4.78, 5) is 2.14. The third-order valence-corrected chi connectivity index (χ3v) is 3.84. The van der Waals surface area contributed by atoms with E-state index >= 15 is 0 Å². The lowest BCUT2D eigenvalue weighted by molar-refractivity contribution is 0.254. The fourth-order valence-electron chi connectivity index (χ4n) is 2.81. The molecule has 0 aromatic heterocycles. The summed E-state index contributed by atoms with van der Waals surface area (Å²) in [5, 5.41) is 3.50. The Kier molecular flexibility index (Phi) is 4.77. The molecule has 3 nitrogen and oxygen atoms in total. The number of nitrogens with one attached hydrogen (secondary N) is 1. The Morgan fingerprint density at radius 2 is 2.26 bits per heavy atom. The maximum Gasteiger partial charge on any atom is 0.123 e. The van der Waals surface area contributed by atoms with Gasteiger partial charge in [-0.1, -0.05) is 0 Å². The standard InChI is InChI=1S/C15H23FN2O/c1-18(2)14(10-12-5-4-8-17-12)13-9-11(16)6-7-15(13)19-3/h6-7,9,12,14,17H,4-5,8,10H2,1-3H3. The van der Waals surface area contributed by atoms with Crippen LogP contribution in [0, 0.1) is 5.82 Å². The highest BCUT2D eigenvalue weighted by Gasteiger charge is 2.25. The Bertz CT molecular complexity index is 417. The summed E-state index contributed by atoms with van der Waals surface area (Å²) in [5.41, 5.74) is 0.932. The van der Waals surface area contributed by atoms with Crippen LogP contribution in [-0.2, 0) is 0 Å². The molecule has 1 aromatic rings. The monoisotopic (exact) mass is 266 g/mol. The minimum absolute atomic E-state index is 0.168. The Labute approximate surface area is 114 Å². The molecule has 0 saturated carbocycles. The van der Waals surface area contributed by atoms with Gasteiger partial charge < -0.3 is 15.0 Å². The van der Waals surface area contributed by atoms with Crippen LogP contribution < -0.4 is 10.1 Å². The zero-order chi connectivity index (χ0) is 13.8. The lowest BCUT2D eigenvalue weighted by atomic mass is 9.96. The molecule has 1 saturated heterocycles. The van der Waals surface area contributed by atoms with E-state index in [1.165, 1.54) is 18.9 Å². The molecule has 1 N–H and O–H groups in total. The van der Waals surface area contributed by atoms with Crippen LogP contribution in [0.3, 0.4) is 0 Å². The largest absolute Gasteiger partial charge is 0.496 e. The average molecular weight is 266 g/mol. The molecule has 2 atom stereocenters. The second-order valence-corrected chi connectivity index (χ2v) is 5.39. The van der Waals surface area contributed by atoms with Gasteiger partial charge in [0.25, 0.3) is 0 Å². The fourth-order valence-corrected chi connectivity index (χ4v) is 2.81. The van der Waals surface area contributed by atoms with Crippen LogP contribution in [0.2, 0.25) is 0 Å². The van der Waals surface area contributed by atoms with Crippen molar-refractivity contribution in [1.29, 1.82) is 0 Å². The van der Waals surface area contributed by atoms with E-state index < -0.39 is 0 Å². The third kappa shape index (κ3) is 3.45. The molecular weight excluding hydrogens is 243 g/mol. The second kappa shape index (κ2) is 6.35. The number of methoxy groups -OCH3 is 1. The van der Waals surface area contributed by atoms with E-state index in [2.05, 4.69) is 10.2 Å². The van der Waals surface area contributed by atoms with Crippen molar-refractivity contribution >= 4 is 0 Å². The molecule has 1 aliphatic rings. The van der Waals surface area contributed by atoms with E-state index in [1.807, 2.05) is 14.1 Å². The number of halogens is 1. The Hall–Kier alpha value is -1.13. The van der Waals surface area contributed by atoms with Crippen molar-refractivity contribution in [3.05, 3.63) is 29.6 Å². The normalized spacial score (nSPS) is 20.8. The van der Waals surface area contributed by atoms with E-state index in [0.29, 0.717) is 6.04 Å². The van der Waals surface area contributed by atoms with Gasteiger partial charge in [-0.05, 0) is 58.1 Å². The van der Waals surface area contributed by atoms with Crippen molar-refractivity contribution in [3.8, 4) is 5.75 Å². The van der Waals surface area contributed by atoms with Crippen LogP contribution in [0.1, 0.15) is 30.9 Å². The van der Waals surface area contributed by atoms with Crippen molar-refractivity contribution in [1.82, 2.24) is 10.2 Å². The van der Waals surface area contributed by atoms with Gasteiger partial charge in [0.15, 0.2) is 0 Å². The van der Waals surface area contributed by atoms with Crippen molar-refractivity contribution in [2.24, 2.45) is 0 Å². The number of ether oxygens (including phenoxy) is 1. The summed E-state index contributed by atoms with van der Waals surface area (Å²) in [6, 6.07) is 5.44. The Morgan fingerprint density at radius 1 is 1.47 bits per heavy atom. The number of nitrogens with zero attached hydrogens (tertiary/aromatic N) is 1. The number of hydrogen-bond donors (Lipinski definition) is 1. The highest BCUT2D eigenvalue weighted by Crippen LogP contribution is 2.33. The minimum atomic E-state index is -0.206. The number of hydrogen-bond acceptors (Lipinski definition) is 3. The molecule has 0 spiro atoms. The smallest absolute Gasteiger partial charge is 0.123 e. The molecule has 1 aromatic carbocycles. The quantitative estimate of drug-likeness (QED) is 0.886. The first-order valence-electron chi connectivity index (χ1n) is 6.85. The van der Waals surface area contributed by atoms with Crippen molar-refractivity contribution in [3.63, 3.8) is 0 Å². The van der Waals surface area contributed by atoms with Gasteiger partial charge in [-0.15, -0.1) is 0 Å².